The quantitative estimate of drug-likeness (QED) is 0.208. The van der Waals surface area contributed by atoms with Crippen molar-refractivity contribution in [3.63, 3.8) is 0 Å². The Morgan fingerprint density at radius 2 is 1.74 bits per heavy atom. The number of halogens is 1. The van der Waals surface area contributed by atoms with Crippen molar-refractivity contribution < 1.29 is 28.5 Å². The maximum absolute atomic E-state index is 13.9. The summed E-state index contributed by atoms with van der Waals surface area (Å²) in [7, 11) is 3.02. The van der Waals surface area contributed by atoms with Gasteiger partial charge in [-0.2, -0.15) is 0 Å². The minimum absolute atomic E-state index is 0.181. The first-order valence-electron chi connectivity index (χ1n) is 13.2. The lowest BCUT2D eigenvalue weighted by Gasteiger charge is -2.24. The summed E-state index contributed by atoms with van der Waals surface area (Å²) in [5.41, 5.74) is 1.99. The minimum atomic E-state index is -0.746. The van der Waals surface area contributed by atoms with Crippen molar-refractivity contribution in [3.05, 3.63) is 119 Å². The lowest BCUT2D eigenvalue weighted by Crippen LogP contribution is -2.39. The van der Waals surface area contributed by atoms with Crippen LogP contribution in [0.1, 0.15) is 41.4 Å². The molecule has 0 amide bonds. The van der Waals surface area contributed by atoms with E-state index in [0.29, 0.717) is 37.7 Å². The molecule has 0 saturated carbocycles. The Balaban J connectivity index is 1.56. The molecule has 9 nitrogen and oxygen atoms in total. The average molecular weight is 619 g/mol. The van der Waals surface area contributed by atoms with E-state index in [2.05, 4.69) is 4.99 Å². The predicted molar refractivity (Wildman–Crippen MR) is 163 cm³/mol. The monoisotopic (exact) mass is 618 g/mol. The molecule has 220 valence electrons. The second-order valence-corrected chi connectivity index (χ2v) is 10.8. The average Bonchev–Trinajstić information content (AvgIpc) is 3.31. The summed E-state index contributed by atoms with van der Waals surface area (Å²) >= 11 is 7.33. The molecule has 0 spiro atoms. The van der Waals surface area contributed by atoms with E-state index in [1.807, 2.05) is 12.1 Å². The first-order chi connectivity index (χ1) is 20.7. The number of esters is 2. The van der Waals surface area contributed by atoms with Crippen LogP contribution in [0.3, 0.4) is 0 Å². The molecule has 0 aliphatic carbocycles. The zero-order valence-electron chi connectivity index (χ0n) is 23.8. The summed E-state index contributed by atoms with van der Waals surface area (Å²) in [4.78, 5) is 44.7. The number of hydrogen-bond acceptors (Lipinski definition) is 9. The molecule has 2 heterocycles. The van der Waals surface area contributed by atoms with Gasteiger partial charge in [0.2, 0.25) is 0 Å². The molecular weight excluding hydrogens is 592 g/mol. The zero-order valence-corrected chi connectivity index (χ0v) is 25.3. The second kappa shape index (κ2) is 12.7. The number of carbonyl (C=O) groups excluding carboxylic acids is 2. The van der Waals surface area contributed by atoms with E-state index in [4.69, 9.17) is 30.5 Å². The summed E-state index contributed by atoms with van der Waals surface area (Å²) in [6.45, 7) is 3.64. The number of carbonyl (C=O) groups is 2. The van der Waals surface area contributed by atoms with Crippen LogP contribution in [0, 0.1) is 0 Å². The van der Waals surface area contributed by atoms with Gasteiger partial charge >= 0.3 is 11.9 Å². The number of thiazole rings is 1. The number of allylic oxidation sites excluding steroid dienone is 1. The molecule has 0 saturated heterocycles. The molecule has 1 atom stereocenters. The standard InChI is InChI=1S/C32H27ClN2O7S/c1-5-41-31(38)27-18(2)34-32-35(28(27)20-11-13-21(39-3)14-12-20)29(36)26(43-32)17-19-10-15-24(25(16-19)40-4)42-30(37)22-8-6-7-9-23(22)33/h6-17,28H,5H2,1-4H3. The van der Waals surface area contributed by atoms with Crippen molar-refractivity contribution in [2.24, 2.45) is 4.99 Å². The Hall–Kier alpha value is -4.67. The molecule has 0 N–H and O–H groups in total. The summed E-state index contributed by atoms with van der Waals surface area (Å²) < 4.78 is 23.6. The molecule has 1 aliphatic heterocycles. The third-order valence-corrected chi connectivity index (χ3v) is 8.04. The van der Waals surface area contributed by atoms with Crippen molar-refractivity contribution in [3.8, 4) is 17.2 Å². The largest absolute Gasteiger partial charge is 0.497 e. The lowest BCUT2D eigenvalue weighted by molar-refractivity contribution is -0.139. The minimum Gasteiger partial charge on any atom is -0.497 e. The molecule has 0 bridgehead atoms. The van der Waals surface area contributed by atoms with E-state index in [0.717, 1.165) is 0 Å². The highest BCUT2D eigenvalue weighted by atomic mass is 35.5. The van der Waals surface area contributed by atoms with Crippen LogP contribution in [0.25, 0.3) is 6.08 Å². The number of fused-ring (bicyclic) bond motifs is 1. The molecule has 5 rings (SSSR count). The molecule has 11 heteroatoms. The highest BCUT2D eigenvalue weighted by Crippen LogP contribution is 2.32. The molecule has 4 aromatic rings. The maximum atomic E-state index is 13.9. The molecule has 3 aromatic carbocycles. The topological polar surface area (TPSA) is 105 Å². The van der Waals surface area contributed by atoms with Crippen molar-refractivity contribution in [2.75, 3.05) is 20.8 Å². The predicted octanol–water partition coefficient (Wildman–Crippen LogP) is 4.69. The third-order valence-electron chi connectivity index (χ3n) is 6.73. The molecule has 0 radical (unpaired) electrons. The smallest absolute Gasteiger partial charge is 0.345 e. The first-order valence-corrected chi connectivity index (χ1v) is 14.4. The summed E-state index contributed by atoms with van der Waals surface area (Å²) in [5, 5.41) is 0.271. The van der Waals surface area contributed by atoms with Crippen LogP contribution in [-0.2, 0) is 9.53 Å². The highest BCUT2D eigenvalue weighted by molar-refractivity contribution is 7.07. The number of rotatable bonds is 8. The van der Waals surface area contributed by atoms with Gasteiger partial charge in [-0.3, -0.25) is 9.36 Å². The van der Waals surface area contributed by atoms with Crippen LogP contribution in [0.5, 0.6) is 17.2 Å². The Labute approximate surface area is 255 Å². The fourth-order valence-electron chi connectivity index (χ4n) is 4.68. The van der Waals surface area contributed by atoms with Crippen molar-refractivity contribution >= 4 is 41.0 Å². The van der Waals surface area contributed by atoms with Crippen LogP contribution in [0.4, 0.5) is 0 Å². The fraction of sp³-hybridized carbons (Fsp3) is 0.188. The molecular formula is C32H27ClN2O7S. The van der Waals surface area contributed by atoms with Gasteiger partial charge in [0.15, 0.2) is 16.3 Å². The zero-order chi connectivity index (χ0) is 30.7. The Kier molecular flexibility index (Phi) is 8.79. The Morgan fingerprint density at radius 1 is 1.00 bits per heavy atom. The van der Waals surface area contributed by atoms with Gasteiger partial charge in [-0.25, -0.2) is 14.6 Å². The van der Waals surface area contributed by atoms with Gasteiger partial charge in [0.05, 0.1) is 53.3 Å². The van der Waals surface area contributed by atoms with E-state index in [1.54, 1.807) is 81.6 Å². The van der Waals surface area contributed by atoms with Crippen molar-refractivity contribution in [2.45, 2.75) is 19.9 Å². The van der Waals surface area contributed by atoms with E-state index >= 15 is 0 Å². The Bertz CT molecular complexity index is 1930. The summed E-state index contributed by atoms with van der Waals surface area (Å²) in [5.74, 6) is -0.0371. The molecule has 43 heavy (non-hydrogen) atoms. The molecule has 1 aliphatic rings. The van der Waals surface area contributed by atoms with Gasteiger partial charge in [0.1, 0.15) is 5.75 Å². The van der Waals surface area contributed by atoms with Crippen molar-refractivity contribution in [1.82, 2.24) is 4.57 Å². The number of benzene rings is 3. The van der Waals surface area contributed by atoms with Crippen LogP contribution in [-0.4, -0.2) is 37.3 Å². The van der Waals surface area contributed by atoms with E-state index in [1.165, 1.54) is 23.0 Å². The highest BCUT2D eigenvalue weighted by Gasteiger charge is 2.33. The summed E-state index contributed by atoms with van der Waals surface area (Å²) in [6, 6.07) is 17.9. The number of nitrogens with zero attached hydrogens (tertiary/aromatic N) is 2. The lowest BCUT2D eigenvalue weighted by atomic mass is 9.96. The van der Waals surface area contributed by atoms with Gasteiger partial charge in [-0.1, -0.05) is 53.3 Å². The second-order valence-electron chi connectivity index (χ2n) is 9.36. The first kappa shape index (κ1) is 29.8. The molecule has 1 aromatic heterocycles. The van der Waals surface area contributed by atoms with E-state index < -0.39 is 18.0 Å². The van der Waals surface area contributed by atoms with Crippen LogP contribution in [0.15, 0.2) is 87.8 Å². The van der Waals surface area contributed by atoms with Gasteiger partial charge in [0, 0.05) is 0 Å². The van der Waals surface area contributed by atoms with Gasteiger partial charge in [0.25, 0.3) is 5.56 Å². The molecule has 0 fully saturated rings. The number of hydrogen-bond donors (Lipinski definition) is 0. The van der Waals surface area contributed by atoms with Crippen LogP contribution in [0.2, 0.25) is 5.02 Å². The summed E-state index contributed by atoms with van der Waals surface area (Å²) in [6.07, 6.45) is 1.69. The molecule has 1 unspecified atom stereocenters. The van der Waals surface area contributed by atoms with E-state index in [9.17, 15) is 14.4 Å². The van der Waals surface area contributed by atoms with Gasteiger partial charge < -0.3 is 18.9 Å². The third kappa shape index (κ3) is 5.97. The van der Waals surface area contributed by atoms with Crippen LogP contribution < -0.4 is 29.1 Å². The SMILES string of the molecule is CCOC(=O)C1=C(C)N=c2sc(=Cc3ccc(OC(=O)c4ccccc4Cl)c(OC)c3)c(=O)n2C1c1ccc(OC)cc1. The fourth-order valence-corrected chi connectivity index (χ4v) is 5.94. The maximum Gasteiger partial charge on any atom is 0.345 e. The number of ether oxygens (including phenoxy) is 4. The van der Waals surface area contributed by atoms with Gasteiger partial charge in [-0.15, -0.1) is 0 Å². The normalized spacial score (nSPS) is 14.5. The number of methoxy groups -OCH3 is 2. The van der Waals surface area contributed by atoms with Crippen molar-refractivity contribution in [1.29, 1.82) is 0 Å². The van der Waals surface area contributed by atoms with Crippen LogP contribution >= 0.6 is 22.9 Å². The van der Waals surface area contributed by atoms with E-state index in [-0.39, 0.29) is 34.1 Å². The Morgan fingerprint density at radius 3 is 2.42 bits per heavy atom. The number of aromatic nitrogens is 1. The van der Waals surface area contributed by atoms with Gasteiger partial charge in [-0.05, 0) is 67.4 Å².